The first-order valence-corrected chi connectivity index (χ1v) is 9.21. The molecule has 1 unspecified atom stereocenters. The zero-order valence-electron chi connectivity index (χ0n) is 15.1. The Hall–Kier alpha value is -2.31. The maximum absolute atomic E-state index is 12.5. The molecule has 1 amide bonds. The van der Waals surface area contributed by atoms with Crippen molar-refractivity contribution >= 4 is 11.6 Å². The normalized spacial score (nSPS) is 20.0. The number of rotatable bonds is 6. The zero-order valence-corrected chi connectivity index (χ0v) is 15.1. The lowest BCUT2D eigenvalue weighted by Crippen LogP contribution is -2.37. The molecule has 138 valence electrons. The Morgan fingerprint density at radius 3 is 2.77 bits per heavy atom. The van der Waals surface area contributed by atoms with Crippen molar-refractivity contribution in [3.63, 3.8) is 0 Å². The third-order valence-corrected chi connectivity index (χ3v) is 5.22. The first kappa shape index (κ1) is 17.1. The summed E-state index contributed by atoms with van der Waals surface area (Å²) in [7, 11) is 1.68. The number of anilines is 1. The molecule has 0 aliphatic carbocycles. The van der Waals surface area contributed by atoms with Crippen molar-refractivity contribution < 1.29 is 14.3 Å². The van der Waals surface area contributed by atoms with Crippen LogP contribution in [0.5, 0.6) is 5.88 Å². The summed E-state index contributed by atoms with van der Waals surface area (Å²) in [6, 6.07) is 9.87. The van der Waals surface area contributed by atoms with Crippen molar-refractivity contribution in [3.05, 3.63) is 47.7 Å². The van der Waals surface area contributed by atoms with E-state index in [-0.39, 0.29) is 11.8 Å². The van der Waals surface area contributed by atoms with Crippen LogP contribution in [-0.4, -0.2) is 55.3 Å². The number of amides is 1. The smallest absolute Gasteiger partial charge is 0.236 e. The van der Waals surface area contributed by atoms with E-state index in [1.54, 1.807) is 7.11 Å². The Labute approximate surface area is 153 Å². The predicted molar refractivity (Wildman–Crippen MR) is 99.8 cm³/mol. The fraction of sp³-hybridized carbons (Fsp3) is 0.450. The lowest BCUT2D eigenvalue weighted by molar-refractivity contribution is -0.116. The lowest BCUT2D eigenvalue weighted by atomic mass is 9.94. The summed E-state index contributed by atoms with van der Waals surface area (Å²) >= 11 is 0. The van der Waals surface area contributed by atoms with Gasteiger partial charge in [0.1, 0.15) is 0 Å². The van der Waals surface area contributed by atoms with E-state index in [4.69, 9.17) is 9.47 Å². The van der Waals surface area contributed by atoms with Gasteiger partial charge in [-0.1, -0.05) is 18.2 Å². The summed E-state index contributed by atoms with van der Waals surface area (Å²) in [5.41, 5.74) is 2.84. The molecular weight excluding hydrogens is 330 g/mol. The van der Waals surface area contributed by atoms with E-state index in [1.807, 2.05) is 36.5 Å². The number of hydrogen-bond donors (Lipinski definition) is 1. The molecule has 0 spiro atoms. The predicted octanol–water partition coefficient (Wildman–Crippen LogP) is 2.30. The van der Waals surface area contributed by atoms with Crippen molar-refractivity contribution in [3.8, 4) is 5.88 Å². The van der Waals surface area contributed by atoms with Gasteiger partial charge in [-0.15, -0.1) is 0 Å². The van der Waals surface area contributed by atoms with Crippen LogP contribution in [0.25, 0.3) is 0 Å². The molecule has 1 N–H and O–H groups in total. The number of morpholine rings is 1. The third kappa shape index (κ3) is 3.22. The van der Waals surface area contributed by atoms with Gasteiger partial charge in [0.15, 0.2) is 5.88 Å². The van der Waals surface area contributed by atoms with Crippen molar-refractivity contribution in [2.24, 2.45) is 0 Å². The highest BCUT2D eigenvalue weighted by atomic mass is 16.5. The number of methoxy groups -OCH3 is 1. The highest BCUT2D eigenvalue weighted by Crippen LogP contribution is 2.41. The summed E-state index contributed by atoms with van der Waals surface area (Å²) in [4.78, 5) is 15.0. The maximum Gasteiger partial charge on any atom is 0.236 e. The van der Waals surface area contributed by atoms with Gasteiger partial charge in [0.2, 0.25) is 5.91 Å². The molecule has 2 aliphatic rings. The minimum absolute atomic E-state index is 0.00978. The second kappa shape index (κ2) is 7.51. The Morgan fingerprint density at radius 1 is 1.15 bits per heavy atom. The van der Waals surface area contributed by atoms with Gasteiger partial charge in [-0.05, 0) is 24.1 Å². The fourth-order valence-corrected chi connectivity index (χ4v) is 3.91. The van der Waals surface area contributed by atoms with E-state index in [9.17, 15) is 4.79 Å². The Bertz CT molecular complexity index is 780. The number of para-hydroxylation sites is 1. The number of carbonyl (C=O) groups excluding carboxylic acids is 1. The number of fused-ring (bicyclic) bond motifs is 1. The lowest BCUT2D eigenvalue weighted by Gasteiger charge is -2.26. The van der Waals surface area contributed by atoms with Crippen molar-refractivity contribution in [1.82, 2.24) is 9.47 Å². The molecule has 4 rings (SSSR count). The monoisotopic (exact) mass is 355 g/mol. The van der Waals surface area contributed by atoms with Crippen molar-refractivity contribution in [2.45, 2.75) is 18.9 Å². The topological polar surface area (TPSA) is 55.7 Å². The van der Waals surface area contributed by atoms with Crippen molar-refractivity contribution in [1.29, 1.82) is 0 Å². The maximum atomic E-state index is 12.5. The van der Waals surface area contributed by atoms with Crippen LogP contribution in [0.2, 0.25) is 0 Å². The SMILES string of the molecule is COc1c(C2C(=O)Nc3ccccc32)ccn1CCCN1CCOCC1. The summed E-state index contributed by atoms with van der Waals surface area (Å²) in [6.07, 6.45) is 3.07. The van der Waals surface area contributed by atoms with Gasteiger partial charge in [-0.3, -0.25) is 9.69 Å². The quantitative estimate of drug-likeness (QED) is 0.864. The molecule has 3 heterocycles. The van der Waals surface area contributed by atoms with Gasteiger partial charge in [0, 0.05) is 43.6 Å². The minimum Gasteiger partial charge on any atom is -0.482 e. The second-order valence-corrected chi connectivity index (χ2v) is 6.79. The van der Waals surface area contributed by atoms with Gasteiger partial charge in [-0.25, -0.2) is 0 Å². The Morgan fingerprint density at radius 2 is 1.96 bits per heavy atom. The van der Waals surface area contributed by atoms with Gasteiger partial charge >= 0.3 is 0 Å². The highest BCUT2D eigenvalue weighted by molar-refractivity contribution is 6.05. The molecule has 6 nitrogen and oxygen atoms in total. The number of ether oxygens (including phenoxy) is 2. The van der Waals surface area contributed by atoms with Crippen LogP contribution in [0.1, 0.15) is 23.5 Å². The summed E-state index contributed by atoms with van der Waals surface area (Å²) in [6.45, 7) is 5.59. The van der Waals surface area contributed by atoms with Crippen LogP contribution >= 0.6 is 0 Å². The van der Waals surface area contributed by atoms with E-state index in [0.717, 1.165) is 68.5 Å². The van der Waals surface area contributed by atoms with Gasteiger partial charge < -0.3 is 19.4 Å². The van der Waals surface area contributed by atoms with Crippen LogP contribution in [0, 0.1) is 0 Å². The molecule has 6 heteroatoms. The van der Waals surface area contributed by atoms with Crippen LogP contribution in [0.3, 0.4) is 0 Å². The van der Waals surface area contributed by atoms with E-state index in [2.05, 4.69) is 14.8 Å². The number of nitrogens with one attached hydrogen (secondary N) is 1. The molecule has 0 bridgehead atoms. The van der Waals surface area contributed by atoms with Gasteiger partial charge in [-0.2, -0.15) is 0 Å². The van der Waals surface area contributed by atoms with E-state index >= 15 is 0 Å². The number of benzene rings is 1. The molecule has 1 fully saturated rings. The largest absolute Gasteiger partial charge is 0.482 e. The van der Waals surface area contributed by atoms with E-state index < -0.39 is 0 Å². The average Bonchev–Trinajstić information content (AvgIpc) is 3.21. The number of hydrogen-bond acceptors (Lipinski definition) is 4. The highest BCUT2D eigenvalue weighted by Gasteiger charge is 2.34. The van der Waals surface area contributed by atoms with Crippen LogP contribution in [0.4, 0.5) is 5.69 Å². The number of aromatic nitrogens is 1. The summed E-state index contributed by atoms with van der Waals surface area (Å²) < 4.78 is 13.2. The number of aryl methyl sites for hydroxylation is 1. The molecule has 2 aliphatic heterocycles. The summed E-state index contributed by atoms with van der Waals surface area (Å²) in [5, 5.41) is 2.97. The van der Waals surface area contributed by atoms with Crippen molar-refractivity contribution in [2.75, 3.05) is 45.3 Å². The zero-order chi connectivity index (χ0) is 17.9. The molecule has 0 saturated carbocycles. The standard InChI is InChI=1S/C20H25N3O3/c1-25-20-16(18-15-5-2-3-6-17(15)21-19(18)24)7-10-23(20)9-4-8-22-11-13-26-14-12-22/h2-3,5-7,10,18H,4,8-9,11-14H2,1H3,(H,21,24). The molecular formula is C20H25N3O3. The molecule has 1 aromatic carbocycles. The molecule has 26 heavy (non-hydrogen) atoms. The second-order valence-electron chi connectivity index (χ2n) is 6.79. The van der Waals surface area contributed by atoms with E-state index in [1.165, 1.54) is 0 Å². The van der Waals surface area contributed by atoms with Crippen LogP contribution in [0.15, 0.2) is 36.5 Å². The molecule has 2 aromatic rings. The molecule has 0 radical (unpaired) electrons. The van der Waals surface area contributed by atoms with Crippen LogP contribution < -0.4 is 10.1 Å². The average molecular weight is 355 g/mol. The first-order valence-electron chi connectivity index (χ1n) is 9.21. The molecule has 1 aromatic heterocycles. The minimum atomic E-state index is -0.304. The van der Waals surface area contributed by atoms with Crippen LogP contribution in [-0.2, 0) is 16.1 Å². The Kier molecular flexibility index (Phi) is 4.95. The molecule has 1 saturated heterocycles. The van der Waals surface area contributed by atoms with E-state index in [0.29, 0.717) is 0 Å². The van der Waals surface area contributed by atoms with Gasteiger partial charge in [0.05, 0.1) is 26.2 Å². The number of carbonyl (C=O) groups is 1. The molecule has 1 atom stereocenters. The first-order chi connectivity index (χ1) is 12.8. The van der Waals surface area contributed by atoms with Gasteiger partial charge in [0.25, 0.3) is 0 Å². The number of nitrogens with zero attached hydrogens (tertiary/aromatic N) is 2. The Balaban J connectivity index is 1.49. The summed E-state index contributed by atoms with van der Waals surface area (Å²) in [5.74, 6) is 0.487. The third-order valence-electron chi connectivity index (χ3n) is 5.22. The fourth-order valence-electron chi connectivity index (χ4n) is 3.91.